The van der Waals surface area contributed by atoms with E-state index in [-0.39, 0.29) is 5.91 Å². The highest BCUT2D eigenvalue weighted by atomic mass is 16.7. The van der Waals surface area contributed by atoms with Crippen LogP contribution in [0.5, 0.6) is 5.75 Å². The zero-order valence-corrected chi connectivity index (χ0v) is 16.5. The van der Waals surface area contributed by atoms with E-state index in [4.69, 9.17) is 14.0 Å². The van der Waals surface area contributed by atoms with Gasteiger partial charge in [-0.25, -0.2) is 0 Å². The molecule has 1 heterocycles. The third-order valence-corrected chi connectivity index (χ3v) is 5.24. The lowest BCUT2D eigenvalue weighted by molar-refractivity contribution is 0.00578. The second-order valence-electron chi connectivity index (χ2n) is 7.70. The first kappa shape index (κ1) is 19.5. The minimum atomic E-state index is -0.526. The van der Waals surface area contributed by atoms with Gasteiger partial charge in [0, 0.05) is 7.05 Å². The highest BCUT2D eigenvalue weighted by Crippen LogP contribution is 2.36. The Hall–Kier alpha value is -2.31. The summed E-state index contributed by atoms with van der Waals surface area (Å²) in [5.74, 6) is 0.315. The smallest absolute Gasteiger partial charge is 0.488 e. The number of amides is 1. The first-order chi connectivity index (χ1) is 12.7. The van der Waals surface area contributed by atoms with Gasteiger partial charge in [-0.1, -0.05) is 36.4 Å². The van der Waals surface area contributed by atoms with Gasteiger partial charge in [-0.05, 0) is 50.9 Å². The Labute approximate surface area is 161 Å². The van der Waals surface area contributed by atoms with Gasteiger partial charge < -0.3 is 19.4 Å². The molecule has 2 aromatic rings. The Balaban J connectivity index is 1.85. The molecule has 27 heavy (non-hydrogen) atoms. The fourth-order valence-electron chi connectivity index (χ4n) is 2.85. The Morgan fingerprint density at radius 1 is 1.04 bits per heavy atom. The van der Waals surface area contributed by atoms with Crippen LogP contribution in [0.1, 0.15) is 43.6 Å². The van der Waals surface area contributed by atoms with Gasteiger partial charge in [0.2, 0.25) is 0 Å². The summed E-state index contributed by atoms with van der Waals surface area (Å²) in [5.41, 5.74) is 1.41. The van der Waals surface area contributed by atoms with Gasteiger partial charge in [0.05, 0.1) is 16.8 Å². The minimum Gasteiger partial charge on any atom is -0.488 e. The third-order valence-electron chi connectivity index (χ3n) is 5.24. The van der Waals surface area contributed by atoms with Crippen molar-refractivity contribution in [2.24, 2.45) is 0 Å². The third kappa shape index (κ3) is 4.02. The topological polar surface area (TPSA) is 56.8 Å². The van der Waals surface area contributed by atoms with Crippen molar-refractivity contribution >= 4 is 18.5 Å². The molecule has 1 amide bonds. The quantitative estimate of drug-likeness (QED) is 0.826. The molecular weight excluding hydrogens is 341 g/mol. The number of ether oxygens (including phenoxy) is 1. The van der Waals surface area contributed by atoms with Crippen LogP contribution >= 0.6 is 0 Å². The summed E-state index contributed by atoms with van der Waals surface area (Å²) >= 11 is 0. The fourth-order valence-corrected chi connectivity index (χ4v) is 2.85. The molecule has 5 nitrogen and oxygen atoms in total. The molecule has 1 aliphatic rings. The summed E-state index contributed by atoms with van der Waals surface area (Å²) in [7, 11) is 1.08. The average Bonchev–Trinajstić information content (AvgIpc) is 2.87. The van der Waals surface area contributed by atoms with Crippen molar-refractivity contribution in [2.45, 2.75) is 45.5 Å². The number of carbonyl (C=O) groups excluding carboxylic acids is 1. The van der Waals surface area contributed by atoms with E-state index in [0.717, 1.165) is 11.0 Å². The maximum absolute atomic E-state index is 12.4. The van der Waals surface area contributed by atoms with Crippen molar-refractivity contribution in [1.82, 2.24) is 5.32 Å². The van der Waals surface area contributed by atoms with E-state index >= 15 is 0 Å². The SMILES string of the molecule is CNC(=O)c1cc(B2OC(C)(C)C(C)(C)O2)ccc1OCc1ccccc1. The van der Waals surface area contributed by atoms with Gasteiger partial charge >= 0.3 is 7.12 Å². The molecule has 0 saturated carbocycles. The lowest BCUT2D eigenvalue weighted by Crippen LogP contribution is -2.41. The maximum atomic E-state index is 12.4. The summed E-state index contributed by atoms with van der Waals surface area (Å²) in [6.45, 7) is 8.41. The van der Waals surface area contributed by atoms with Crippen molar-refractivity contribution in [3.8, 4) is 5.75 Å². The van der Waals surface area contributed by atoms with E-state index in [2.05, 4.69) is 5.32 Å². The van der Waals surface area contributed by atoms with E-state index in [1.807, 2.05) is 64.1 Å². The molecule has 1 N–H and O–H groups in total. The van der Waals surface area contributed by atoms with Crippen LogP contribution in [0.15, 0.2) is 48.5 Å². The van der Waals surface area contributed by atoms with Gasteiger partial charge in [-0.3, -0.25) is 4.79 Å². The van der Waals surface area contributed by atoms with Crippen LogP contribution in [0.25, 0.3) is 0 Å². The molecule has 0 aromatic heterocycles. The van der Waals surface area contributed by atoms with E-state index in [1.165, 1.54) is 0 Å². The first-order valence-electron chi connectivity index (χ1n) is 9.12. The van der Waals surface area contributed by atoms with Crippen LogP contribution in [0.2, 0.25) is 0 Å². The van der Waals surface area contributed by atoms with Gasteiger partial charge in [-0.15, -0.1) is 0 Å². The molecule has 0 radical (unpaired) electrons. The average molecular weight is 367 g/mol. The Morgan fingerprint density at radius 2 is 1.67 bits per heavy atom. The normalized spacial score (nSPS) is 17.6. The van der Waals surface area contributed by atoms with Crippen LogP contribution in [-0.4, -0.2) is 31.3 Å². The monoisotopic (exact) mass is 367 g/mol. The van der Waals surface area contributed by atoms with E-state index in [1.54, 1.807) is 19.2 Å². The molecule has 2 aromatic carbocycles. The van der Waals surface area contributed by atoms with E-state index in [0.29, 0.717) is 17.9 Å². The van der Waals surface area contributed by atoms with Crippen LogP contribution in [0, 0.1) is 0 Å². The Morgan fingerprint density at radius 3 is 2.26 bits per heavy atom. The van der Waals surface area contributed by atoms with E-state index < -0.39 is 18.3 Å². The fraction of sp³-hybridized carbons (Fsp3) is 0.381. The summed E-state index contributed by atoms with van der Waals surface area (Å²) in [5, 5.41) is 2.67. The van der Waals surface area contributed by atoms with Crippen LogP contribution in [0.3, 0.4) is 0 Å². The molecule has 1 saturated heterocycles. The second kappa shape index (κ2) is 7.37. The Bertz CT molecular complexity index is 804. The number of benzene rings is 2. The van der Waals surface area contributed by atoms with Crippen LogP contribution < -0.4 is 15.5 Å². The number of hydrogen-bond donors (Lipinski definition) is 1. The van der Waals surface area contributed by atoms with Crippen molar-refractivity contribution in [2.75, 3.05) is 7.05 Å². The maximum Gasteiger partial charge on any atom is 0.494 e. The highest BCUT2D eigenvalue weighted by molar-refractivity contribution is 6.62. The summed E-state index contributed by atoms with van der Waals surface area (Å²) in [6, 6.07) is 15.3. The van der Waals surface area contributed by atoms with Gasteiger partial charge in [-0.2, -0.15) is 0 Å². The zero-order valence-electron chi connectivity index (χ0n) is 16.5. The van der Waals surface area contributed by atoms with Crippen LogP contribution in [0.4, 0.5) is 0 Å². The Kier molecular flexibility index (Phi) is 5.31. The van der Waals surface area contributed by atoms with Crippen LogP contribution in [-0.2, 0) is 15.9 Å². The number of nitrogens with one attached hydrogen (secondary N) is 1. The predicted molar refractivity (Wildman–Crippen MR) is 106 cm³/mol. The van der Waals surface area contributed by atoms with Crippen molar-refractivity contribution in [1.29, 1.82) is 0 Å². The standard InChI is InChI=1S/C21H26BNO4/c1-20(2)21(3,4)27-22(26-20)16-11-12-18(17(13-16)19(24)23-5)25-14-15-9-7-6-8-10-15/h6-13H,14H2,1-5H3,(H,23,24). The molecule has 0 unspecified atom stereocenters. The van der Waals surface area contributed by atoms with Crippen molar-refractivity contribution in [3.63, 3.8) is 0 Å². The summed E-state index contributed by atoms with van der Waals surface area (Å²) < 4.78 is 18.1. The zero-order chi connectivity index (χ0) is 19.7. The predicted octanol–water partition coefficient (Wildman–Crippen LogP) is 2.92. The van der Waals surface area contributed by atoms with Crippen molar-refractivity contribution < 1.29 is 18.8 Å². The lowest BCUT2D eigenvalue weighted by atomic mass is 9.78. The number of carbonyl (C=O) groups is 1. The molecule has 0 spiro atoms. The molecule has 0 aliphatic carbocycles. The number of hydrogen-bond acceptors (Lipinski definition) is 4. The molecule has 6 heteroatoms. The number of rotatable bonds is 5. The van der Waals surface area contributed by atoms with Gasteiger partial charge in [0.25, 0.3) is 5.91 Å². The molecular formula is C21H26BNO4. The highest BCUT2D eigenvalue weighted by Gasteiger charge is 2.51. The van der Waals surface area contributed by atoms with Crippen molar-refractivity contribution in [3.05, 3.63) is 59.7 Å². The molecule has 1 fully saturated rings. The first-order valence-corrected chi connectivity index (χ1v) is 9.12. The second-order valence-corrected chi connectivity index (χ2v) is 7.70. The lowest BCUT2D eigenvalue weighted by Gasteiger charge is -2.32. The van der Waals surface area contributed by atoms with Gasteiger partial charge in [0.1, 0.15) is 12.4 Å². The molecule has 3 rings (SSSR count). The summed E-state index contributed by atoms with van der Waals surface area (Å²) in [6.07, 6.45) is 0. The minimum absolute atomic E-state index is 0.212. The molecule has 0 atom stereocenters. The molecule has 0 bridgehead atoms. The molecule has 1 aliphatic heterocycles. The van der Waals surface area contributed by atoms with E-state index in [9.17, 15) is 4.79 Å². The molecule has 142 valence electrons. The van der Waals surface area contributed by atoms with Gasteiger partial charge in [0.15, 0.2) is 0 Å². The largest absolute Gasteiger partial charge is 0.494 e. The summed E-state index contributed by atoms with van der Waals surface area (Å²) in [4.78, 5) is 12.4.